The van der Waals surface area contributed by atoms with E-state index in [4.69, 9.17) is 9.15 Å². The fraction of sp³-hybridized carbons (Fsp3) is 0.667. The standard InChI is InChI=1S/C12H16N2O4/c15-9-5-14(3-4-17-6-9)12(16)10-11(8-1-2-8)18-7-13-10/h7-9,15H,1-6H2/t9-/m0/s1. The Morgan fingerprint density at radius 1 is 1.50 bits per heavy atom. The van der Waals surface area contributed by atoms with Crippen LogP contribution in [0.1, 0.15) is 35.0 Å². The molecule has 0 aromatic carbocycles. The number of carbonyl (C=O) groups excluding carboxylic acids is 1. The molecule has 0 bridgehead atoms. The minimum atomic E-state index is -0.632. The van der Waals surface area contributed by atoms with Crippen LogP contribution in [0.2, 0.25) is 0 Å². The number of hydrogen-bond acceptors (Lipinski definition) is 5. The average Bonchev–Trinajstić information content (AvgIpc) is 3.13. The van der Waals surface area contributed by atoms with Crippen molar-refractivity contribution in [3.05, 3.63) is 17.8 Å². The molecule has 1 amide bonds. The van der Waals surface area contributed by atoms with E-state index in [1.54, 1.807) is 4.90 Å². The Morgan fingerprint density at radius 3 is 3.11 bits per heavy atom. The largest absolute Gasteiger partial charge is 0.447 e. The van der Waals surface area contributed by atoms with Crippen molar-refractivity contribution < 1.29 is 19.1 Å². The number of nitrogens with zero attached hydrogens (tertiary/aromatic N) is 2. The van der Waals surface area contributed by atoms with Gasteiger partial charge in [0.05, 0.1) is 19.3 Å². The van der Waals surface area contributed by atoms with Crippen molar-refractivity contribution in [3.8, 4) is 0 Å². The van der Waals surface area contributed by atoms with Crippen LogP contribution in [0.25, 0.3) is 0 Å². The summed E-state index contributed by atoms with van der Waals surface area (Å²) < 4.78 is 10.5. The minimum absolute atomic E-state index is 0.171. The van der Waals surface area contributed by atoms with Crippen molar-refractivity contribution in [3.63, 3.8) is 0 Å². The lowest BCUT2D eigenvalue weighted by Crippen LogP contribution is -2.38. The molecule has 1 aliphatic carbocycles. The van der Waals surface area contributed by atoms with Gasteiger partial charge in [0, 0.05) is 19.0 Å². The molecule has 18 heavy (non-hydrogen) atoms. The van der Waals surface area contributed by atoms with Crippen LogP contribution in [0.5, 0.6) is 0 Å². The van der Waals surface area contributed by atoms with E-state index < -0.39 is 6.10 Å². The van der Waals surface area contributed by atoms with Gasteiger partial charge in [0.15, 0.2) is 12.1 Å². The Bertz CT molecular complexity index is 441. The summed E-state index contributed by atoms with van der Waals surface area (Å²) in [7, 11) is 0. The van der Waals surface area contributed by atoms with Crippen LogP contribution in [0.4, 0.5) is 0 Å². The van der Waals surface area contributed by atoms with Gasteiger partial charge >= 0.3 is 0 Å². The molecule has 1 atom stereocenters. The summed E-state index contributed by atoms with van der Waals surface area (Å²) in [5.74, 6) is 0.870. The molecule has 6 nitrogen and oxygen atoms in total. The van der Waals surface area contributed by atoms with Crippen LogP contribution in [-0.4, -0.2) is 53.3 Å². The van der Waals surface area contributed by atoms with Crippen LogP contribution in [0.15, 0.2) is 10.8 Å². The topological polar surface area (TPSA) is 75.8 Å². The maximum absolute atomic E-state index is 12.3. The number of hydrogen-bond donors (Lipinski definition) is 1. The van der Waals surface area contributed by atoms with E-state index in [0.717, 1.165) is 12.8 Å². The summed E-state index contributed by atoms with van der Waals surface area (Å²) in [6, 6.07) is 0. The fourth-order valence-corrected chi connectivity index (χ4v) is 2.18. The van der Waals surface area contributed by atoms with Gasteiger partial charge in [-0.05, 0) is 12.8 Å². The van der Waals surface area contributed by atoms with Crippen LogP contribution in [-0.2, 0) is 4.74 Å². The smallest absolute Gasteiger partial charge is 0.276 e. The van der Waals surface area contributed by atoms with Crippen molar-refractivity contribution in [2.24, 2.45) is 0 Å². The fourth-order valence-electron chi connectivity index (χ4n) is 2.18. The lowest BCUT2D eigenvalue weighted by molar-refractivity contribution is 0.0532. The molecule has 3 rings (SSSR count). The Hall–Kier alpha value is -1.40. The van der Waals surface area contributed by atoms with Crippen LogP contribution < -0.4 is 0 Å². The van der Waals surface area contributed by atoms with Crippen molar-refractivity contribution >= 4 is 5.91 Å². The first kappa shape index (κ1) is 11.7. The summed E-state index contributed by atoms with van der Waals surface area (Å²) in [4.78, 5) is 18.0. The highest BCUT2D eigenvalue weighted by Gasteiger charge is 2.34. The van der Waals surface area contributed by atoms with Gasteiger partial charge in [-0.1, -0.05) is 0 Å². The van der Waals surface area contributed by atoms with Crippen LogP contribution >= 0.6 is 0 Å². The monoisotopic (exact) mass is 252 g/mol. The van der Waals surface area contributed by atoms with Crippen LogP contribution in [0, 0.1) is 0 Å². The van der Waals surface area contributed by atoms with Gasteiger partial charge in [-0.25, -0.2) is 4.98 Å². The van der Waals surface area contributed by atoms with Gasteiger partial charge in [-0.15, -0.1) is 0 Å². The third kappa shape index (κ3) is 2.26. The molecule has 2 heterocycles. The first-order valence-electron chi connectivity index (χ1n) is 6.24. The molecule has 98 valence electrons. The Morgan fingerprint density at radius 2 is 2.33 bits per heavy atom. The van der Waals surface area contributed by atoms with Gasteiger partial charge < -0.3 is 19.2 Å². The highest BCUT2D eigenvalue weighted by atomic mass is 16.5. The molecule has 0 spiro atoms. The van der Waals surface area contributed by atoms with Gasteiger partial charge in [0.2, 0.25) is 0 Å². The highest BCUT2D eigenvalue weighted by molar-refractivity contribution is 5.93. The van der Waals surface area contributed by atoms with Gasteiger partial charge in [-0.2, -0.15) is 0 Å². The van der Waals surface area contributed by atoms with E-state index in [9.17, 15) is 9.90 Å². The zero-order valence-corrected chi connectivity index (χ0v) is 10.0. The van der Waals surface area contributed by atoms with E-state index >= 15 is 0 Å². The van der Waals surface area contributed by atoms with Gasteiger partial charge in [-0.3, -0.25) is 4.79 Å². The van der Waals surface area contributed by atoms with E-state index in [1.807, 2.05) is 0 Å². The summed E-state index contributed by atoms with van der Waals surface area (Å²) in [5, 5.41) is 9.63. The molecule has 2 fully saturated rings. The van der Waals surface area contributed by atoms with E-state index in [-0.39, 0.29) is 19.1 Å². The Balaban J connectivity index is 1.78. The maximum Gasteiger partial charge on any atom is 0.276 e. The third-order valence-electron chi connectivity index (χ3n) is 3.28. The molecule has 2 aliphatic rings. The number of amides is 1. The number of aromatic nitrogens is 1. The minimum Gasteiger partial charge on any atom is -0.447 e. The lowest BCUT2D eigenvalue weighted by atomic mass is 10.2. The summed E-state index contributed by atoms with van der Waals surface area (Å²) in [5.41, 5.74) is 0.395. The summed E-state index contributed by atoms with van der Waals surface area (Å²) in [6.07, 6.45) is 2.81. The van der Waals surface area contributed by atoms with Gasteiger partial charge in [0.1, 0.15) is 5.76 Å². The predicted octanol–water partition coefficient (Wildman–Crippen LogP) is 0.385. The number of carbonyl (C=O) groups is 1. The first-order valence-corrected chi connectivity index (χ1v) is 6.24. The maximum atomic E-state index is 12.3. The molecule has 0 unspecified atom stereocenters. The van der Waals surface area contributed by atoms with Crippen molar-refractivity contribution in [2.45, 2.75) is 24.9 Å². The normalized spacial score (nSPS) is 24.9. The molecule has 1 saturated carbocycles. The Labute approximate surface area is 105 Å². The number of β-amino-alcohol motifs (C(OH)–C–C–N with tert-alkyl or cyclic N) is 1. The number of ether oxygens (including phenoxy) is 1. The molecular formula is C12H16N2O4. The lowest BCUT2D eigenvalue weighted by Gasteiger charge is -2.20. The van der Waals surface area contributed by atoms with Crippen molar-refractivity contribution in [2.75, 3.05) is 26.3 Å². The second-order valence-corrected chi connectivity index (χ2v) is 4.82. The zero-order chi connectivity index (χ0) is 12.5. The molecule has 1 saturated heterocycles. The second kappa shape index (κ2) is 4.70. The van der Waals surface area contributed by atoms with Crippen LogP contribution in [0.3, 0.4) is 0 Å². The number of rotatable bonds is 2. The second-order valence-electron chi connectivity index (χ2n) is 4.82. The summed E-state index contributed by atoms with van der Waals surface area (Å²) in [6.45, 7) is 1.49. The highest BCUT2D eigenvalue weighted by Crippen LogP contribution is 2.41. The Kier molecular flexibility index (Phi) is 3.05. The molecule has 1 aromatic rings. The zero-order valence-electron chi connectivity index (χ0n) is 10.0. The molecule has 6 heteroatoms. The quantitative estimate of drug-likeness (QED) is 0.823. The van der Waals surface area contributed by atoms with E-state index in [2.05, 4.69) is 4.98 Å². The van der Waals surface area contributed by atoms with E-state index in [1.165, 1.54) is 6.39 Å². The SMILES string of the molecule is O=C(c1ncoc1C1CC1)N1CCOC[C@@H](O)C1. The first-order chi connectivity index (χ1) is 8.75. The van der Waals surface area contributed by atoms with E-state index in [0.29, 0.717) is 30.5 Å². The molecule has 1 aromatic heterocycles. The summed E-state index contributed by atoms with van der Waals surface area (Å²) >= 11 is 0. The third-order valence-corrected chi connectivity index (χ3v) is 3.28. The number of aliphatic hydroxyl groups is 1. The molecule has 1 aliphatic heterocycles. The predicted molar refractivity (Wildman–Crippen MR) is 61.2 cm³/mol. The number of aliphatic hydroxyl groups excluding tert-OH is 1. The molecule has 0 radical (unpaired) electrons. The molecular weight excluding hydrogens is 236 g/mol. The molecule has 1 N–H and O–H groups in total. The van der Waals surface area contributed by atoms with Gasteiger partial charge in [0.25, 0.3) is 5.91 Å². The number of oxazole rings is 1. The average molecular weight is 252 g/mol. The van der Waals surface area contributed by atoms with Crippen molar-refractivity contribution in [1.29, 1.82) is 0 Å². The van der Waals surface area contributed by atoms with Crippen molar-refractivity contribution in [1.82, 2.24) is 9.88 Å².